The number of nitrogens with one attached hydrogen (secondary N) is 8. The highest BCUT2D eigenvalue weighted by Crippen LogP contribution is 2.16. The Morgan fingerprint density at radius 3 is 1.61 bits per heavy atom. The number of aliphatic imine (C=N–C) groups is 1. The first-order valence-electron chi connectivity index (χ1n) is 25.8. The molecule has 77 heavy (non-hydrogen) atoms. The number of primary amides is 1. The number of nitro groups is 1. The molecule has 0 bridgehead atoms. The van der Waals surface area contributed by atoms with E-state index in [4.69, 9.17) is 28.7 Å². The summed E-state index contributed by atoms with van der Waals surface area (Å²) in [7, 11) is 0. The number of guanidine groups is 1. The molecular formula is C49H83N15O13. The Hall–Kier alpha value is -7.49. The first-order valence-corrected chi connectivity index (χ1v) is 25.8. The van der Waals surface area contributed by atoms with E-state index >= 15 is 0 Å². The van der Waals surface area contributed by atoms with Crippen molar-refractivity contribution in [1.29, 1.82) is 0 Å². The van der Waals surface area contributed by atoms with Crippen molar-refractivity contribution in [1.82, 2.24) is 42.5 Å². The summed E-state index contributed by atoms with van der Waals surface area (Å²) >= 11 is 0. The molecule has 0 radical (unpaired) electrons. The number of carboxylic acid groups (broad SMARTS) is 1. The maximum absolute atomic E-state index is 14.4. The number of nitrogens with zero attached hydrogens (tertiary/aromatic N) is 2. The zero-order valence-corrected chi connectivity index (χ0v) is 45.2. The number of nitrogens with two attached hydrogens (primary N) is 5. The van der Waals surface area contributed by atoms with E-state index in [1.807, 2.05) is 6.92 Å². The van der Waals surface area contributed by atoms with E-state index < -0.39 is 137 Å². The molecule has 1 aromatic carbocycles. The van der Waals surface area contributed by atoms with Gasteiger partial charge in [0.1, 0.15) is 48.3 Å². The second kappa shape index (κ2) is 35.0. The minimum absolute atomic E-state index is 0.0232. The molecule has 19 N–H and O–H groups in total. The fourth-order valence-corrected chi connectivity index (χ4v) is 7.50. The molecule has 432 valence electrons. The van der Waals surface area contributed by atoms with Gasteiger partial charge >= 0.3 is 5.97 Å². The minimum Gasteiger partial charge on any atom is -0.481 e. The molecule has 1 aromatic rings. The molecule has 28 nitrogen and oxygen atoms in total. The average Bonchev–Trinajstić information content (AvgIpc) is 3.35. The second-order valence-electron chi connectivity index (χ2n) is 19.6. The quantitative estimate of drug-likeness (QED) is 0.0111. The van der Waals surface area contributed by atoms with Crippen LogP contribution in [-0.2, 0) is 54.4 Å². The van der Waals surface area contributed by atoms with E-state index in [1.54, 1.807) is 27.7 Å². The van der Waals surface area contributed by atoms with Gasteiger partial charge in [0.05, 0.1) is 11.0 Å². The Morgan fingerprint density at radius 2 is 1.09 bits per heavy atom. The number of benzene rings is 1. The number of rotatable bonds is 37. The van der Waals surface area contributed by atoms with E-state index in [-0.39, 0.29) is 56.2 Å². The fourth-order valence-electron chi connectivity index (χ4n) is 7.50. The number of hydrogen-bond acceptors (Lipinski definition) is 15. The SMILES string of the molecule is CCCC[C@H](NC(=O)[C@H](C)NC(=O)[C@H](CCC(=O)O)NC(=O)[C@H](Cc1ccc([N+](=O)[O-])cc1)NC(=O)[C@H](CC(C)C)NC(=O)[C@@H](NC(=O)[C@H](CCCN=C(N)N)NC(=O)[C@H](C)NC(=O)[C@@H](N)CCCCN)C(C)C)C(N)=O. The largest absolute Gasteiger partial charge is 0.481 e. The molecule has 0 saturated heterocycles. The predicted molar refractivity (Wildman–Crippen MR) is 284 cm³/mol. The van der Waals surface area contributed by atoms with Gasteiger partial charge in [-0.25, -0.2) is 0 Å². The molecule has 0 aliphatic rings. The van der Waals surface area contributed by atoms with Crippen LogP contribution < -0.4 is 71.2 Å². The fraction of sp³-hybridized carbons (Fsp3) is 0.653. The molecule has 0 aliphatic carbocycles. The van der Waals surface area contributed by atoms with Crippen LogP contribution in [0, 0.1) is 22.0 Å². The van der Waals surface area contributed by atoms with Crippen molar-refractivity contribution in [2.75, 3.05) is 13.1 Å². The number of amides is 9. The zero-order valence-electron chi connectivity index (χ0n) is 45.2. The van der Waals surface area contributed by atoms with Crippen molar-refractivity contribution in [2.45, 2.75) is 180 Å². The molecule has 0 aromatic heterocycles. The maximum atomic E-state index is 14.4. The van der Waals surface area contributed by atoms with Gasteiger partial charge < -0.3 is 76.3 Å². The van der Waals surface area contributed by atoms with Crippen molar-refractivity contribution in [3.05, 3.63) is 39.9 Å². The molecule has 0 unspecified atom stereocenters. The lowest BCUT2D eigenvalue weighted by Gasteiger charge is -2.29. The normalized spacial score (nSPS) is 14.6. The van der Waals surface area contributed by atoms with Crippen LogP contribution >= 0.6 is 0 Å². The standard InChI is InChI=1S/C49H83N15O13/c1-8-9-14-33(40(52)67)58-41(68)29(7)57-44(71)35(20-21-38(65)66)60-47(74)37(25-30-16-18-31(19-17-30)64(76)77)61-46(73)36(24-26(2)3)62-48(75)39(27(4)5)63-45(72)34(15-12-23-55-49(53)54)59-42(69)28(6)56-43(70)32(51)13-10-11-22-50/h16-19,26-29,32-37,39H,8-15,20-25,50-51H2,1-7H3,(H2,52,67)(H,56,70)(H,57,71)(H,58,68)(H,59,69)(H,60,74)(H,61,73)(H,62,75)(H,63,72)(H,65,66)(H4,53,54,55)/t28-,29-,32-,33-,34-,35-,36-,37-,39-/m0/s1. The third kappa shape index (κ3) is 26.2. The number of nitro benzene ring substituents is 1. The molecule has 0 heterocycles. The Bertz CT molecular complexity index is 2190. The van der Waals surface area contributed by atoms with Crippen molar-refractivity contribution in [3.8, 4) is 0 Å². The third-order valence-corrected chi connectivity index (χ3v) is 12.0. The van der Waals surface area contributed by atoms with Gasteiger partial charge in [-0.1, -0.05) is 66.0 Å². The van der Waals surface area contributed by atoms with E-state index in [1.165, 1.54) is 26.0 Å². The van der Waals surface area contributed by atoms with Crippen LogP contribution in [0.1, 0.15) is 125 Å². The first-order chi connectivity index (χ1) is 36.1. The monoisotopic (exact) mass is 1090 g/mol. The number of carbonyl (C=O) groups excluding carboxylic acids is 9. The Morgan fingerprint density at radius 1 is 0.597 bits per heavy atom. The van der Waals surface area contributed by atoms with E-state index in [0.29, 0.717) is 44.2 Å². The zero-order chi connectivity index (χ0) is 58.5. The van der Waals surface area contributed by atoms with Crippen LogP contribution in [-0.4, -0.2) is 143 Å². The van der Waals surface area contributed by atoms with E-state index in [9.17, 15) is 63.2 Å². The Labute approximate surface area is 448 Å². The molecule has 28 heteroatoms. The van der Waals surface area contributed by atoms with Gasteiger partial charge in [0.25, 0.3) is 5.69 Å². The van der Waals surface area contributed by atoms with Gasteiger partial charge in [-0.05, 0) is 82.7 Å². The summed E-state index contributed by atoms with van der Waals surface area (Å²) in [5.74, 6) is -9.96. The highest BCUT2D eigenvalue weighted by Gasteiger charge is 2.35. The molecule has 9 amide bonds. The molecule has 0 aliphatic heterocycles. The van der Waals surface area contributed by atoms with Crippen LogP contribution in [0.15, 0.2) is 29.3 Å². The van der Waals surface area contributed by atoms with Crippen molar-refractivity contribution < 1.29 is 58.0 Å². The summed E-state index contributed by atoms with van der Waals surface area (Å²) < 4.78 is 0. The van der Waals surface area contributed by atoms with E-state index in [2.05, 4.69) is 47.5 Å². The Balaban J connectivity index is 3.56. The average molecular weight is 1090 g/mol. The van der Waals surface area contributed by atoms with Crippen molar-refractivity contribution in [3.63, 3.8) is 0 Å². The van der Waals surface area contributed by atoms with Crippen LogP contribution in [0.3, 0.4) is 0 Å². The van der Waals surface area contributed by atoms with Gasteiger partial charge in [0.2, 0.25) is 53.2 Å². The van der Waals surface area contributed by atoms with Gasteiger partial charge in [-0.15, -0.1) is 0 Å². The van der Waals surface area contributed by atoms with Crippen LogP contribution in [0.5, 0.6) is 0 Å². The highest BCUT2D eigenvalue weighted by molar-refractivity contribution is 5.98. The van der Waals surface area contributed by atoms with Crippen molar-refractivity contribution in [2.24, 2.45) is 45.5 Å². The lowest BCUT2D eigenvalue weighted by Crippen LogP contribution is -2.61. The lowest BCUT2D eigenvalue weighted by molar-refractivity contribution is -0.384. The summed E-state index contributed by atoms with van der Waals surface area (Å²) in [5.41, 5.74) is 27.9. The summed E-state index contributed by atoms with van der Waals surface area (Å²) in [6.07, 6.45) is 1.71. The summed E-state index contributed by atoms with van der Waals surface area (Å²) in [4.78, 5) is 148. The van der Waals surface area contributed by atoms with Crippen LogP contribution in [0.25, 0.3) is 0 Å². The highest BCUT2D eigenvalue weighted by atomic mass is 16.6. The maximum Gasteiger partial charge on any atom is 0.303 e. The van der Waals surface area contributed by atoms with Crippen LogP contribution in [0.2, 0.25) is 0 Å². The summed E-state index contributed by atoms with van der Waals surface area (Å²) in [6, 6.07) is -6.64. The number of non-ortho nitro benzene ring substituents is 1. The minimum atomic E-state index is -1.62. The number of aliphatic carboxylic acids is 1. The predicted octanol–water partition coefficient (Wildman–Crippen LogP) is -2.19. The Kier molecular flexibility index (Phi) is 30.7. The van der Waals surface area contributed by atoms with Gasteiger partial charge in [-0.3, -0.25) is 63.1 Å². The number of hydrogen-bond donors (Lipinski definition) is 14. The lowest BCUT2D eigenvalue weighted by atomic mass is 9.98. The van der Waals surface area contributed by atoms with Gasteiger partial charge in [0.15, 0.2) is 5.96 Å². The molecule has 1 rings (SSSR count). The van der Waals surface area contributed by atoms with Gasteiger partial charge in [0, 0.05) is 31.5 Å². The smallest absolute Gasteiger partial charge is 0.303 e. The third-order valence-electron chi connectivity index (χ3n) is 12.0. The molecule has 0 fully saturated rings. The van der Waals surface area contributed by atoms with E-state index in [0.717, 1.165) is 12.1 Å². The number of unbranched alkanes of at least 4 members (excludes halogenated alkanes) is 2. The molecule has 0 saturated carbocycles. The number of carboxylic acids is 1. The topological polar surface area (TPSA) is 473 Å². The van der Waals surface area contributed by atoms with Crippen LogP contribution in [0.4, 0.5) is 5.69 Å². The summed E-state index contributed by atoms with van der Waals surface area (Å²) in [5, 5.41) is 41.4. The van der Waals surface area contributed by atoms with Gasteiger partial charge in [-0.2, -0.15) is 0 Å². The number of carbonyl (C=O) groups is 10. The first kappa shape index (κ1) is 67.5. The molecule has 0 spiro atoms. The second-order valence-corrected chi connectivity index (χ2v) is 19.6. The van der Waals surface area contributed by atoms with Crippen molar-refractivity contribution >= 4 is 70.8 Å². The molecular weight excluding hydrogens is 1010 g/mol. The summed E-state index contributed by atoms with van der Waals surface area (Å²) in [6.45, 7) is 11.8. The molecule has 9 atom stereocenters.